The first-order valence-electron chi connectivity index (χ1n) is 6.62. The van der Waals surface area contributed by atoms with Crippen LogP contribution >= 0.6 is 22.9 Å². The molecule has 1 aromatic heterocycles. The molecule has 20 heavy (non-hydrogen) atoms. The lowest BCUT2D eigenvalue weighted by molar-refractivity contribution is -0.139. The molecule has 0 aromatic carbocycles. The van der Waals surface area contributed by atoms with Crippen LogP contribution in [0.2, 0.25) is 4.34 Å². The Bertz CT molecular complexity index is 483. The number of carbonyl (C=O) groups is 2. The highest BCUT2D eigenvalue weighted by atomic mass is 35.5. The van der Waals surface area contributed by atoms with Crippen LogP contribution in [0.15, 0.2) is 12.1 Å². The smallest absolute Gasteiger partial charge is 0.305 e. The lowest BCUT2D eigenvalue weighted by Gasteiger charge is -2.32. The minimum absolute atomic E-state index is 0.0658. The van der Waals surface area contributed by atoms with E-state index in [0.29, 0.717) is 17.2 Å². The number of rotatable bonds is 7. The van der Waals surface area contributed by atoms with Crippen molar-refractivity contribution in [2.24, 2.45) is 0 Å². The second-order valence-corrected chi connectivity index (χ2v) is 6.66. The molecule has 1 unspecified atom stereocenters. The van der Waals surface area contributed by atoms with Crippen molar-refractivity contribution >= 4 is 34.8 Å². The number of hydrogen-bond acceptors (Lipinski definition) is 3. The molecule has 0 spiro atoms. The predicted molar refractivity (Wildman–Crippen MR) is 81.5 cm³/mol. The molecule has 0 aliphatic heterocycles. The summed E-state index contributed by atoms with van der Waals surface area (Å²) < 4.78 is 0.641. The summed E-state index contributed by atoms with van der Waals surface area (Å²) in [6, 6.07) is 3.59. The van der Waals surface area contributed by atoms with Gasteiger partial charge >= 0.3 is 5.97 Å². The zero-order chi connectivity index (χ0) is 15.3. The SMILES string of the molecule is CCC(CC)(CC(=O)O)NC(=O)C(C)c1ccc(Cl)s1. The minimum atomic E-state index is -0.902. The van der Waals surface area contributed by atoms with Crippen LogP contribution in [-0.2, 0) is 9.59 Å². The first kappa shape index (κ1) is 17.0. The maximum absolute atomic E-state index is 12.3. The largest absolute Gasteiger partial charge is 0.481 e. The van der Waals surface area contributed by atoms with E-state index in [-0.39, 0.29) is 18.2 Å². The first-order chi connectivity index (χ1) is 9.33. The van der Waals surface area contributed by atoms with Crippen LogP contribution in [0.25, 0.3) is 0 Å². The van der Waals surface area contributed by atoms with E-state index in [1.54, 1.807) is 13.0 Å². The molecule has 0 aliphatic rings. The normalized spacial score (nSPS) is 13.0. The standard InChI is InChI=1S/C14H20ClNO3S/c1-4-14(5-2,8-12(17)18)16-13(19)9(3)10-6-7-11(15)20-10/h6-7,9H,4-5,8H2,1-3H3,(H,16,19)(H,17,18). The average molecular weight is 318 g/mol. The summed E-state index contributed by atoms with van der Waals surface area (Å²) in [7, 11) is 0. The predicted octanol–water partition coefficient (Wildman–Crippen LogP) is 3.65. The molecule has 2 N–H and O–H groups in total. The van der Waals surface area contributed by atoms with E-state index < -0.39 is 11.5 Å². The molecule has 0 fully saturated rings. The van der Waals surface area contributed by atoms with Gasteiger partial charge in [0.2, 0.25) is 5.91 Å². The van der Waals surface area contributed by atoms with E-state index in [1.165, 1.54) is 11.3 Å². The summed E-state index contributed by atoms with van der Waals surface area (Å²) in [6.07, 6.45) is 1.10. The van der Waals surface area contributed by atoms with Gasteiger partial charge in [0.1, 0.15) is 0 Å². The van der Waals surface area contributed by atoms with Gasteiger partial charge < -0.3 is 10.4 Å². The number of carboxylic acids is 1. The number of carboxylic acid groups (broad SMARTS) is 1. The first-order valence-corrected chi connectivity index (χ1v) is 7.82. The van der Waals surface area contributed by atoms with Crippen LogP contribution in [0, 0.1) is 0 Å². The third-order valence-electron chi connectivity index (χ3n) is 3.65. The summed E-state index contributed by atoms with van der Waals surface area (Å²) >= 11 is 7.24. The van der Waals surface area contributed by atoms with E-state index in [2.05, 4.69) is 5.32 Å². The molecule has 1 heterocycles. The van der Waals surface area contributed by atoms with Crippen LogP contribution in [0.3, 0.4) is 0 Å². The van der Waals surface area contributed by atoms with Crippen LogP contribution in [0.4, 0.5) is 0 Å². The number of thiophene rings is 1. The third-order valence-corrected chi connectivity index (χ3v) is 5.06. The van der Waals surface area contributed by atoms with E-state index in [9.17, 15) is 9.59 Å². The van der Waals surface area contributed by atoms with Gasteiger partial charge in [-0.15, -0.1) is 11.3 Å². The highest BCUT2D eigenvalue weighted by Gasteiger charge is 2.32. The number of aliphatic carboxylic acids is 1. The van der Waals surface area contributed by atoms with Crippen molar-refractivity contribution in [3.63, 3.8) is 0 Å². The Balaban J connectivity index is 2.82. The van der Waals surface area contributed by atoms with Crippen molar-refractivity contribution < 1.29 is 14.7 Å². The molecule has 6 heteroatoms. The van der Waals surface area contributed by atoms with E-state index >= 15 is 0 Å². The molecule has 112 valence electrons. The topological polar surface area (TPSA) is 66.4 Å². The highest BCUT2D eigenvalue weighted by Crippen LogP contribution is 2.29. The quantitative estimate of drug-likeness (QED) is 0.806. The number of nitrogens with one attached hydrogen (secondary N) is 1. The average Bonchev–Trinajstić information content (AvgIpc) is 2.82. The Kier molecular flexibility index (Phi) is 6.02. The monoisotopic (exact) mass is 317 g/mol. The fraction of sp³-hybridized carbons (Fsp3) is 0.571. The second-order valence-electron chi connectivity index (χ2n) is 4.91. The van der Waals surface area contributed by atoms with Crippen LogP contribution < -0.4 is 5.32 Å². The van der Waals surface area contributed by atoms with Gasteiger partial charge in [-0.1, -0.05) is 25.4 Å². The summed E-state index contributed by atoms with van der Waals surface area (Å²) in [4.78, 5) is 24.2. The number of carbonyl (C=O) groups excluding carboxylic acids is 1. The van der Waals surface area contributed by atoms with Crippen molar-refractivity contribution in [1.29, 1.82) is 0 Å². The molecule has 1 amide bonds. The molecular weight excluding hydrogens is 298 g/mol. The summed E-state index contributed by atoms with van der Waals surface area (Å²) in [5.74, 6) is -1.40. The van der Waals surface area contributed by atoms with Crippen molar-refractivity contribution in [2.45, 2.75) is 51.5 Å². The number of halogens is 1. The van der Waals surface area contributed by atoms with Crippen molar-refractivity contribution in [2.75, 3.05) is 0 Å². The fourth-order valence-corrected chi connectivity index (χ4v) is 3.18. The van der Waals surface area contributed by atoms with Crippen molar-refractivity contribution in [3.8, 4) is 0 Å². The van der Waals surface area contributed by atoms with E-state index in [4.69, 9.17) is 16.7 Å². The van der Waals surface area contributed by atoms with Crippen molar-refractivity contribution in [3.05, 3.63) is 21.3 Å². The minimum Gasteiger partial charge on any atom is -0.481 e. The summed E-state index contributed by atoms with van der Waals surface area (Å²) in [5.41, 5.74) is -0.682. The Hall–Kier alpha value is -1.07. The third kappa shape index (κ3) is 4.21. The molecule has 0 saturated carbocycles. The maximum atomic E-state index is 12.3. The Morgan fingerprint density at radius 2 is 2.00 bits per heavy atom. The highest BCUT2D eigenvalue weighted by molar-refractivity contribution is 7.16. The lowest BCUT2D eigenvalue weighted by Crippen LogP contribution is -2.50. The van der Waals surface area contributed by atoms with Gasteiger partial charge in [-0.2, -0.15) is 0 Å². The van der Waals surface area contributed by atoms with Crippen LogP contribution in [0.5, 0.6) is 0 Å². The Labute approximate surface area is 128 Å². The number of hydrogen-bond donors (Lipinski definition) is 2. The molecule has 0 bridgehead atoms. The van der Waals surface area contributed by atoms with Gasteiger partial charge in [-0.25, -0.2) is 0 Å². The molecule has 1 atom stereocenters. The van der Waals surface area contributed by atoms with Crippen LogP contribution in [0.1, 0.15) is 50.8 Å². The van der Waals surface area contributed by atoms with Crippen LogP contribution in [-0.4, -0.2) is 22.5 Å². The maximum Gasteiger partial charge on any atom is 0.305 e. The zero-order valence-corrected chi connectivity index (χ0v) is 13.5. The van der Waals surface area contributed by atoms with Gasteiger partial charge in [-0.3, -0.25) is 9.59 Å². The van der Waals surface area contributed by atoms with E-state index in [1.807, 2.05) is 19.9 Å². The fourth-order valence-electron chi connectivity index (χ4n) is 2.07. The zero-order valence-electron chi connectivity index (χ0n) is 11.9. The summed E-state index contributed by atoms with van der Waals surface area (Å²) in [5, 5.41) is 11.9. The molecule has 0 aliphatic carbocycles. The molecule has 4 nitrogen and oxygen atoms in total. The second kappa shape index (κ2) is 7.09. The van der Waals surface area contributed by atoms with E-state index in [0.717, 1.165) is 4.88 Å². The van der Waals surface area contributed by atoms with Gasteiger partial charge in [0, 0.05) is 10.4 Å². The lowest BCUT2D eigenvalue weighted by atomic mass is 9.88. The van der Waals surface area contributed by atoms with Crippen molar-refractivity contribution in [1.82, 2.24) is 5.32 Å². The van der Waals surface area contributed by atoms with Gasteiger partial charge in [0.25, 0.3) is 0 Å². The Morgan fingerprint density at radius 1 is 1.40 bits per heavy atom. The molecule has 0 radical (unpaired) electrons. The van der Waals surface area contributed by atoms with Gasteiger partial charge in [0.15, 0.2) is 0 Å². The molecular formula is C14H20ClNO3S. The summed E-state index contributed by atoms with van der Waals surface area (Å²) in [6.45, 7) is 5.58. The molecule has 1 rings (SSSR count). The van der Waals surface area contributed by atoms with Gasteiger partial charge in [-0.05, 0) is 31.9 Å². The number of amides is 1. The molecule has 1 aromatic rings. The van der Waals surface area contributed by atoms with Gasteiger partial charge in [0.05, 0.1) is 16.7 Å². The Morgan fingerprint density at radius 3 is 2.40 bits per heavy atom. The molecule has 0 saturated heterocycles.